The fourth-order valence-corrected chi connectivity index (χ4v) is 1.05. The zero-order valence-electron chi connectivity index (χ0n) is 8.90. The highest BCUT2D eigenvalue weighted by Crippen LogP contribution is 2.12. The van der Waals surface area contributed by atoms with Crippen molar-refractivity contribution in [2.24, 2.45) is 0 Å². The topological polar surface area (TPSA) is 39.4 Å². The van der Waals surface area contributed by atoms with Crippen LogP contribution in [0.4, 0.5) is 0 Å². The van der Waals surface area contributed by atoms with Gasteiger partial charge in [-0.1, -0.05) is 25.1 Å². The van der Waals surface area contributed by atoms with E-state index < -0.39 is 0 Å². The molecule has 3 heteroatoms. The van der Waals surface area contributed by atoms with Crippen molar-refractivity contribution in [3.05, 3.63) is 36.6 Å². The van der Waals surface area contributed by atoms with Gasteiger partial charge in [-0.3, -0.25) is 4.79 Å². The van der Waals surface area contributed by atoms with Gasteiger partial charge in [0.15, 0.2) is 0 Å². The number of ether oxygens (including phenoxy) is 1. The van der Waals surface area contributed by atoms with Gasteiger partial charge in [-0.05, 0) is 12.1 Å². The third kappa shape index (κ3) is 3.46. The molecule has 0 amide bonds. The fraction of sp³-hybridized carbons (Fsp3) is 0.250. The Morgan fingerprint density at radius 3 is 2.60 bits per heavy atom. The summed E-state index contributed by atoms with van der Waals surface area (Å²) in [5, 5.41) is 1.16. The highest BCUT2D eigenvalue weighted by molar-refractivity contribution is 5.76. The van der Waals surface area contributed by atoms with E-state index in [-0.39, 0.29) is 5.97 Å². The molecule has 80 valence electrons. The maximum atomic E-state index is 9.96. The van der Waals surface area contributed by atoms with Crippen LogP contribution >= 0.6 is 0 Å². The minimum absolute atomic E-state index is 0.157. The Hall–Kier alpha value is -1.77. The van der Waals surface area contributed by atoms with Crippen molar-refractivity contribution >= 4 is 16.9 Å². The van der Waals surface area contributed by atoms with Gasteiger partial charge in [0.2, 0.25) is 0 Å². The Balaban J connectivity index is 0.000000167. The van der Waals surface area contributed by atoms with Crippen molar-refractivity contribution in [3.63, 3.8) is 0 Å². The summed E-state index contributed by atoms with van der Waals surface area (Å²) in [5.41, 5.74) is 0.956. The van der Waals surface area contributed by atoms with Crippen molar-refractivity contribution in [2.75, 3.05) is 7.11 Å². The Labute approximate surface area is 88.6 Å². The number of fused-ring (bicyclic) bond motifs is 1. The second-order valence-corrected chi connectivity index (χ2v) is 2.89. The van der Waals surface area contributed by atoms with Gasteiger partial charge in [-0.15, -0.1) is 0 Å². The van der Waals surface area contributed by atoms with Crippen LogP contribution in [0.15, 0.2) is 41.0 Å². The maximum Gasteiger partial charge on any atom is 0.305 e. The van der Waals surface area contributed by atoms with Gasteiger partial charge in [0.1, 0.15) is 5.58 Å². The van der Waals surface area contributed by atoms with Crippen molar-refractivity contribution in [3.8, 4) is 0 Å². The molecule has 0 saturated carbocycles. The molecule has 0 N–H and O–H groups in total. The number of carbonyl (C=O) groups is 1. The summed E-state index contributed by atoms with van der Waals surface area (Å²) < 4.78 is 9.38. The van der Waals surface area contributed by atoms with E-state index in [1.807, 2.05) is 30.3 Å². The summed E-state index contributed by atoms with van der Waals surface area (Å²) >= 11 is 0. The minimum Gasteiger partial charge on any atom is -0.469 e. The van der Waals surface area contributed by atoms with Crippen molar-refractivity contribution < 1.29 is 13.9 Å². The van der Waals surface area contributed by atoms with Crippen LogP contribution in [-0.2, 0) is 9.53 Å². The quantitative estimate of drug-likeness (QED) is 0.673. The molecule has 1 heterocycles. The molecule has 0 bridgehead atoms. The number of esters is 1. The number of hydrogen-bond donors (Lipinski definition) is 0. The van der Waals surface area contributed by atoms with Crippen LogP contribution in [0.5, 0.6) is 0 Å². The molecule has 15 heavy (non-hydrogen) atoms. The van der Waals surface area contributed by atoms with Crippen LogP contribution in [0.3, 0.4) is 0 Å². The van der Waals surface area contributed by atoms with Gasteiger partial charge in [0, 0.05) is 11.8 Å². The van der Waals surface area contributed by atoms with Gasteiger partial charge >= 0.3 is 5.97 Å². The van der Waals surface area contributed by atoms with Crippen LogP contribution in [0, 0.1) is 0 Å². The Bertz CT molecular complexity index is 381. The second-order valence-electron chi connectivity index (χ2n) is 2.89. The molecular weight excluding hydrogens is 192 g/mol. The summed E-state index contributed by atoms with van der Waals surface area (Å²) in [6.07, 6.45) is 2.17. The third-order valence-corrected chi connectivity index (χ3v) is 1.88. The number of hydrogen-bond acceptors (Lipinski definition) is 3. The van der Waals surface area contributed by atoms with E-state index >= 15 is 0 Å². The van der Waals surface area contributed by atoms with Crippen LogP contribution < -0.4 is 0 Å². The Morgan fingerprint density at radius 1 is 1.33 bits per heavy atom. The number of para-hydroxylation sites is 1. The normalized spacial score (nSPS) is 9.20. The Morgan fingerprint density at radius 2 is 2.07 bits per heavy atom. The number of methoxy groups -OCH3 is 1. The largest absolute Gasteiger partial charge is 0.469 e. The highest BCUT2D eigenvalue weighted by atomic mass is 16.5. The average molecular weight is 206 g/mol. The van der Waals surface area contributed by atoms with Crippen molar-refractivity contribution in [2.45, 2.75) is 13.3 Å². The van der Waals surface area contributed by atoms with E-state index in [2.05, 4.69) is 4.74 Å². The van der Waals surface area contributed by atoms with Crippen LogP contribution in [0.2, 0.25) is 0 Å². The molecule has 2 rings (SSSR count). The van der Waals surface area contributed by atoms with E-state index in [9.17, 15) is 4.79 Å². The molecule has 1 aromatic carbocycles. The maximum absolute atomic E-state index is 9.96. The molecule has 0 atom stereocenters. The third-order valence-electron chi connectivity index (χ3n) is 1.88. The average Bonchev–Trinajstić information content (AvgIpc) is 2.76. The molecule has 3 nitrogen and oxygen atoms in total. The highest BCUT2D eigenvalue weighted by Gasteiger charge is 1.89. The minimum atomic E-state index is -0.157. The molecule has 0 fully saturated rings. The predicted octanol–water partition coefficient (Wildman–Crippen LogP) is 3.00. The second kappa shape index (κ2) is 5.86. The van der Waals surface area contributed by atoms with E-state index in [1.54, 1.807) is 13.2 Å². The smallest absolute Gasteiger partial charge is 0.305 e. The lowest BCUT2D eigenvalue weighted by molar-refractivity contribution is -0.140. The molecule has 0 radical (unpaired) electrons. The molecule has 0 aliphatic heterocycles. The summed E-state index contributed by atoms with van der Waals surface area (Å²) in [6, 6.07) is 9.90. The predicted molar refractivity (Wildman–Crippen MR) is 58.5 cm³/mol. The SMILES string of the molecule is CCC(=O)OC.c1ccc2occc2c1. The monoisotopic (exact) mass is 206 g/mol. The van der Waals surface area contributed by atoms with Gasteiger partial charge in [0.25, 0.3) is 0 Å². The summed E-state index contributed by atoms with van der Waals surface area (Å²) in [7, 11) is 1.38. The zero-order chi connectivity index (χ0) is 11.1. The van der Waals surface area contributed by atoms with Crippen molar-refractivity contribution in [1.29, 1.82) is 0 Å². The molecule has 0 spiro atoms. The molecule has 0 saturated heterocycles. The number of benzene rings is 1. The number of carbonyl (C=O) groups excluding carboxylic acids is 1. The zero-order valence-corrected chi connectivity index (χ0v) is 8.90. The van der Waals surface area contributed by atoms with E-state index in [1.165, 1.54) is 7.11 Å². The molecule has 2 aromatic rings. The molecule has 1 aromatic heterocycles. The Kier molecular flexibility index (Phi) is 4.41. The van der Waals surface area contributed by atoms with E-state index in [4.69, 9.17) is 4.42 Å². The van der Waals surface area contributed by atoms with E-state index in [0.29, 0.717) is 6.42 Å². The molecular formula is C12H14O3. The first-order chi connectivity index (χ1) is 7.27. The van der Waals surface area contributed by atoms with Crippen LogP contribution in [0.25, 0.3) is 11.0 Å². The summed E-state index contributed by atoms with van der Waals surface area (Å²) in [6.45, 7) is 1.76. The summed E-state index contributed by atoms with van der Waals surface area (Å²) in [5.74, 6) is -0.157. The molecule has 0 unspecified atom stereocenters. The van der Waals surface area contributed by atoms with Gasteiger partial charge < -0.3 is 9.15 Å². The lowest BCUT2D eigenvalue weighted by Gasteiger charge is -1.87. The first-order valence-electron chi connectivity index (χ1n) is 4.77. The van der Waals surface area contributed by atoms with Gasteiger partial charge in [-0.2, -0.15) is 0 Å². The van der Waals surface area contributed by atoms with Crippen molar-refractivity contribution in [1.82, 2.24) is 0 Å². The lowest BCUT2D eigenvalue weighted by atomic mass is 10.3. The van der Waals surface area contributed by atoms with E-state index in [0.717, 1.165) is 11.0 Å². The fourth-order valence-electron chi connectivity index (χ4n) is 1.05. The molecule has 0 aliphatic rings. The number of rotatable bonds is 1. The van der Waals surface area contributed by atoms with Gasteiger partial charge in [0.05, 0.1) is 13.4 Å². The number of furan rings is 1. The first-order valence-corrected chi connectivity index (χ1v) is 4.77. The summed E-state index contributed by atoms with van der Waals surface area (Å²) in [4.78, 5) is 9.96. The van der Waals surface area contributed by atoms with Gasteiger partial charge in [-0.25, -0.2) is 0 Å². The molecule has 0 aliphatic carbocycles. The van der Waals surface area contributed by atoms with Crippen LogP contribution in [-0.4, -0.2) is 13.1 Å². The first kappa shape index (κ1) is 11.3. The standard InChI is InChI=1S/C8H6O.C4H8O2/c1-2-4-8-7(3-1)5-6-9-8;1-3-4(5)6-2/h1-6H;3H2,1-2H3. The lowest BCUT2D eigenvalue weighted by Crippen LogP contribution is -1.94. The van der Waals surface area contributed by atoms with Crippen LogP contribution in [0.1, 0.15) is 13.3 Å².